The van der Waals surface area contributed by atoms with Crippen LogP contribution in [-0.4, -0.2) is 10.9 Å². The Morgan fingerprint density at radius 3 is 2.80 bits per heavy atom. The molecule has 0 aliphatic carbocycles. The van der Waals surface area contributed by atoms with Crippen LogP contribution in [0.1, 0.15) is 31.0 Å². The van der Waals surface area contributed by atoms with Crippen LogP contribution in [0.5, 0.6) is 0 Å². The van der Waals surface area contributed by atoms with Crippen molar-refractivity contribution >= 4 is 23.3 Å². The fourth-order valence-electron chi connectivity index (χ4n) is 1.33. The Bertz CT molecular complexity index is 377. The van der Waals surface area contributed by atoms with E-state index in [0.717, 1.165) is 17.7 Å². The number of nitrogens with one attached hydrogen (secondary N) is 1. The Balaban J connectivity index is 2.89. The first-order valence-electron chi connectivity index (χ1n) is 4.98. The van der Waals surface area contributed by atoms with E-state index in [9.17, 15) is 4.79 Å². The van der Waals surface area contributed by atoms with Gasteiger partial charge in [0, 0.05) is 12.1 Å². The maximum Gasteiger partial charge on any atom is 0.225 e. The summed E-state index contributed by atoms with van der Waals surface area (Å²) in [5.41, 5.74) is 1.78. The summed E-state index contributed by atoms with van der Waals surface area (Å²) in [4.78, 5) is 15.6. The van der Waals surface area contributed by atoms with Crippen LogP contribution in [0.15, 0.2) is 6.07 Å². The number of amides is 1. The molecule has 4 heteroatoms. The first kappa shape index (κ1) is 12.0. The van der Waals surface area contributed by atoms with Crippen LogP contribution in [-0.2, 0) is 4.79 Å². The summed E-state index contributed by atoms with van der Waals surface area (Å²) >= 11 is 6.03. The first-order valence-corrected chi connectivity index (χ1v) is 5.36. The Morgan fingerprint density at radius 2 is 2.20 bits per heavy atom. The van der Waals surface area contributed by atoms with E-state index in [1.165, 1.54) is 0 Å². The normalized spacial score (nSPS) is 10.1. The molecule has 1 rings (SSSR count). The van der Waals surface area contributed by atoms with E-state index in [1.54, 1.807) is 0 Å². The number of carbonyl (C=O) groups is 1. The second-order valence-electron chi connectivity index (χ2n) is 3.54. The van der Waals surface area contributed by atoms with Crippen molar-refractivity contribution in [3.63, 3.8) is 0 Å². The minimum Gasteiger partial charge on any atom is -0.309 e. The SMILES string of the molecule is CCCC(=O)Nc1nc(C)cc(C)c1Cl. The highest BCUT2D eigenvalue weighted by atomic mass is 35.5. The van der Waals surface area contributed by atoms with Gasteiger partial charge in [-0.2, -0.15) is 0 Å². The summed E-state index contributed by atoms with van der Waals surface area (Å²) in [6.45, 7) is 5.72. The molecule has 0 saturated heterocycles. The topological polar surface area (TPSA) is 42.0 Å². The molecule has 0 saturated carbocycles. The van der Waals surface area contributed by atoms with E-state index in [4.69, 9.17) is 11.6 Å². The molecule has 0 radical (unpaired) electrons. The third-order valence-corrected chi connectivity index (χ3v) is 2.48. The molecular formula is C11H15ClN2O. The molecular weight excluding hydrogens is 212 g/mol. The number of rotatable bonds is 3. The largest absolute Gasteiger partial charge is 0.309 e. The summed E-state index contributed by atoms with van der Waals surface area (Å²) in [5, 5.41) is 3.23. The van der Waals surface area contributed by atoms with Gasteiger partial charge in [-0.1, -0.05) is 18.5 Å². The van der Waals surface area contributed by atoms with E-state index in [2.05, 4.69) is 10.3 Å². The van der Waals surface area contributed by atoms with E-state index < -0.39 is 0 Å². The van der Waals surface area contributed by atoms with Crippen molar-refractivity contribution in [2.24, 2.45) is 0 Å². The lowest BCUT2D eigenvalue weighted by Crippen LogP contribution is -2.13. The molecule has 1 amide bonds. The van der Waals surface area contributed by atoms with Crippen molar-refractivity contribution in [2.45, 2.75) is 33.6 Å². The fourth-order valence-corrected chi connectivity index (χ4v) is 1.47. The van der Waals surface area contributed by atoms with Gasteiger partial charge in [0.2, 0.25) is 5.91 Å². The number of halogens is 1. The molecule has 1 aromatic heterocycles. The van der Waals surface area contributed by atoms with Gasteiger partial charge in [-0.05, 0) is 31.9 Å². The molecule has 1 N–H and O–H groups in total. The van der Waals surface area contributed by atoms with E-state index >= 15 is 0 Å². The molecule has 0 fully saturated rings. The smallest absolute Gasteiger partial charge is 0.225 e. The van der Waals surface area contributed by atoms with Gasteiger partial charge < -0.3 is 5.32 Å². The lowest BCUT2D eigenvalue weighted by molar-refractivity contribution is -0.116. The van der Waals surface area contributed by atoms with Crippen LogP contribution < -0.4 is 5.32 Å². The molecule has 0 aliphatic rings. The monoisotopic (exact) mass is 226 g/mol. The first-order chi connectivity index (χ1) is 7.04. The van der Waals surface area contributed by atoms with Gasteiger partial charge in [0.1, 0.15) is 0 Å². The zero-order valence-corrected chi connectivity index (χ0v) is 9.98. The molecule has 15 heavy (non-hydrogen) atoms. The number of anilines is 1. The zero-order chi connectivity index (χ0) is 11.4. The third-order valence-electron chi connectivity index (χ3n) is 2.00. The fraction of sp³-hybridized carbons (Fsp3) is 0.455. The molecule has 0 spiro atoms. The summed E-state index contributed by atoms with van der Waals surface area (Å²) in [7, 11) is 0. The van der Waals surface area contributed by atoms with Gasteiger partial charge >= 0.3 is 0 Å². The van der Waals surface area contributed by atoms with Gasteiger partial charge in [0.05, 0.1) is 5.02 Å². The predicted octanol–water partition coefficient (Wildman–Crippen LogP) is 3.09. The van der Waals surface area contributed by atoms with E-state index in [-0.39, 0.29) is 5.91 Å². The third kappa shape index (κ3) is 3.20. The number of hydrogen-bond acceptors (Lipinski definition) is 2. The standard InChI is InChI=1S/C11H15ClN2O/c1-4-5-9(15)14-11-10(12)7(2)6-8(3)13-11/h6H,4-5H2,1-3H3,(H,13,14,15). The van der Waals surface area contributed by atoms with Crippen molar-refractivity contribution in [3.05, 3.63) is 22.3 Å². The second-order valence-corrected chi connectivity index (χ2v) is 3.92. The van der Waals surface area contributed by atoms with Crippen LogP contribution in [0.4, 0.5) is 5.82 Å². The highest BCUT2D eigenvalue weighted by molar-refractivity contribution is 6.34. The summed E-state index contributed by atoms with van der Waals surface area (Å²) in [5.74, 6) is 0.421. The van der Waals surface area contributed by atoms with Crippen molar-refractivity contribution < 1.29 is 4.79 Å². The Kier molecular flexibility index (Phi) is 4.09. The molecule has 0 bridgehead atoms. The number of nitrogens with zero attached hydrogens (tertiary/aromatic N) is 1. The second kappa shape index (κ2) is 5.12. The zero-order valence-electron chi connectivity index (χ0n) is 9.22. The average molecular weight is 227 g/mol. The van der Waals surface area contributed by atoms with Crippen molar-refractivity contribution in [2.75, 3.05) is 5.32 Å². The van der Waals surface area contributed by atoms with E-state index in [1.807, 2.05) is 26.8 Å². The van der Waals surface area contributed by atoms with Crippen LogP contribution in [0, 0.1) is 13.8 Å². The number of aromatic nitrogens is 1. The number of hydrogen-bond donors (Lipinski definition) is 1. The lowest BCUT2D eigenvalue weighted by Gasteiger charge is -2.08. The van der Waals surface area contributed by atoms with Gasteiger partial charge in [-0.3, -0.25) is 4.79 Å². The molecule has 0 unspecified atom stereocenters. The van der Waals surface area contributed by atoms with Crippen LogP contribution in [0.3, 0.4) is 0 Å². The van der Waals surface area contributed by atoms with Gasteiger partial charge in [0.15, 0.2) is 5.82 Å². The quantitative estimate of drug-likeness (QED) is 0.861. The molecule has 82 valence electrons. The van der Waals surface area contributed by atoms with Crippen LogP contribution >= 0.6 is 11.6 Å². The summed E-state index contributed by atoms with van der Waals surface area (Å²) in [6, 6.07) is 1.89. The molecule has 0 aromatic carbocycles. The highest BCUT2D eigenvalue weighted by Crippen LogP contribution is 2.24. The summed E-state index contributed by atoms with van der Waals surface area (Å²) in [6.07, 6.45) is 1.30. The van der Waals surface area contributed by atoms with Gasteiger partial charge in [0.25, 0.3) is 0 Å². The Hall–Kier alpha value is -1.09. The maximum absolute atomic E-state index is 11.4. The molecule has 0 aliphatic heterocycles. The Morgan fingerprint density at radius 1 is 1.53 bits per heavy atom. The van der Waals surface area contributed by atoms with Crippen molar-refractivity contribution in [1.82, 2.24) is 4.98 Å². The maximum atomic E-state index is 11.4. The van der Waals surface area contributed by atoms with E-state index in [0.29, 0.717) is 17.3 Å². The lowest BCUT2D eigenvalue weighted by atomic mass is 10.2. The minimum atomic E-state index is -0.0445. The summed E-state index contributed by atoms with van der Waals surface area (Å²) < 4.78 is 0. The minimum absolute atomic E-state index is 0.0445. The molecule has 3 nitrogen and oxygen atoms in total. The van der Waals surface area contributed by atoms with Gasteiger partial charge in [-0.25, -0.2) is 4.98 Å². The van der Waals surface area contributed by atoms with Crippen LogP contribution in [0.25, 0.3) is 0 Å². The number of aryl methyl sites for hydroxylation is 2. The number of carbonyl (C=O) groups excluding carboxylic acids is 1. The predicted molar refractivity (Wildman–Crippen MR) is 62.3 cm³/mol. The highest BCUT2D eigenvalue weighted by Gasteiger charge is 2.09. The van der Waals surface area contributed by atoms with Crippen LogP contribution in [0.2, 0.25) is 5.02 Å². The molecule has 1 heterocycles. The molecule has 0 atom stereocenters. The van der Waals surface area contributed by atoms with Crippen molar-refractivity contribution in [3.8, 4) is 0 Å². The van der Waals surface area contributed by atoms with Crippen molar-refractivity contribution in [1.29, 1.82) is 0 Å². The molecule has 1 aromatic rings. The number of pyridine rings is 1. The Labute approximate surface area is 94.9 Å². The van der Waals surface area contributed by atoms with Gasteiger partial charge in [-0.15, -0.1) is 0 Å². The average Bonchev–Trinajstić information content (AvgIpc) is 2.13.